The number of imidazole rings is 1. The van der Waals surface area contributed by atoms with Crippen LogP contribution in [0.15, 0.2) is 12.1 Å². The summed E-state index contributed by atoms with van der Waals surface area (Å²) >= 11 is 0. The van der Waals surface area contributed by atoms with E-state index < -0.39 is 33.7 Å². The lowest BCUT2D eigenvalue weighted by Crippen LogP contribution is -2.36. The molecule has 2 aliphatic carbocycles. The van der Waals surface area contributed by atoms with Gasteiger partial charge in [-0.05, 0) is 76.4 Å². The number of hydrogen-bond donors (Lipinski definition) is 0. The molecule has 2 atom stereocenters. The highest BCUT2D eigenvalue weighted by Crippen LogP contribution is 2.60. The molecule has 0 unspecified atom stereocenters. The summed E-state index contributed by atoms with van der Waals surface area (Å²) in [4.78, 5) is 19.6. The molecule has 0 saturated heterocycles. The van der Waals surface area contributed by atoms with E-state index in [1.165, 1.54) is 28.6 Å². The molecule has 1 amide bonds. The molecule has 2 aliphatic rings. The first-order valence-corrected chi connectivity index (χ1v) is 24.6. The maximum Gasteiger partial charge on any atom is 0.414 e. The molecule has 0 N–H and O–H groups in total. The lowest BCUT2D eigenvalue weighted by Gasteiger charge is -2.26. The average molecular weight is 686 g/mol. The second-order valence-electron chi connectivity index (χ2n) is 17.3. The first kappa shape index (κ1) is 35.8. The van der Waals surface area contributed by atoms with Crippen LogP contribution in [0.25, 0.3) is 22.6 Å². The van der Waals surface area contributed by atoms with E-state index in [9.17, 15) is 4.79 Å². The molecule has 1 aromatic carbocycles. The minimum Gasteiger partial charge on any atom is -0.443 e. The van der Waals surface area contributed by atoms with Crippen LogP contribution in [0.2, 0.25) is 51.4 Å². The van der Waals surface area contributed by atoms with E-state index in [-0.39, 0.29) is 6.73 Å². The van der Waals surface area contributed by atoms with Crippen molar-refractivity contribution in [3.8, 4) is 11.5 Å². The second-order valence-corrected chi connectivity index (χ2v) is 28.5. The molecule has 2 aromatic heterocycles. The summed E-state index contributed by atoms with van der Waals surface area (Å²) in [7, 11) is -2.56. The van der Waals surface area contributed by atoms with Crippen molar-refractivity contribution in [3.05, 3.63) is 29.2 Å². The van der Waals surface area contributed by atoms with Gasteiger partial charge >= 0.3 is 6.09 Å². The first-order chi connectivity index (χ1) is 21.8. The molecule has 12 heteroatoms. The summed E-state index contributed by atoms with van der Waals surface area (Å²) in [6.07, 6.45) is 2.54. The van der Waals surface area contributed by atoms with E-state index >= 15 is 4.39 Å². The molecule has 260 valence electrons. The molecule has 1 fully saturated rings. The normalized spacial score (nSPS) is 19.5. The Morgan fingerprint density at radius 2 is 1.70 bits per heavy atom. The van der Waals surface area contributed by atoms with Gasteiger partial charge in [0.2, 0.25) is 0 Å². The Morgan fingerprint density at radius 1 is 1.06 bits per heavy atom. The van der Waals surface area contributed by atoms with Crippen LogP contribution in [-0.2, 0) is 40.5 Å². The zero-order valence-electron chi connectivity index (χ0n) is 30.6. The number of aromatic nitrogens is 4. The predicted molar refractivity (Wildman–Crippen MR) is 192 cm³/mol. The van der Waals surface area contributed by atoms with Gasteiger partial charge in [-0.3, -0.25) is 9.47 Å². The van der Waals surface area contributed by atoms with E-state index in [4.69, 9.17) is 24.3 Å². The van der Waals surface area contributed by atoms with Crippen LogP contribution in [0.3, 0.4) is 0 Å². The molecule has 5 rings (SSSR count). The zero-order chi connectivity index (χ0) is 34.5. The number of benzene rings is 1. The fraction of sp³-hybridized carbons (Fsp3) is 0.686. The van der Waals surface area contributed by atoms with Gasteiger partial charge in [-0.2, -0.15) is 5.10 Å². The third kappa shape index (κ3) is 8.37. The number of halogens is 1. The highest BCUT2D eigenvalue weighted by Gasteiger charge is 2.54. The highest BCUT2D eigenvalue weighted by atomic mass is 28.3. The number of ether oxygens (including phenoxy) is 3. The highest BCUT2D eigenvalue weighted by molar-refractivity contribution is 6.76. The number of fused-ring (bicyclic) bond motifs is 3. The van der Waals surface area contributed by atoms with Crippen LogP contribution < -0.4 is 4.90 Å². The van der Waals surface area contributed by atoms with Crippen molar-refractivity contribution in [3.63, 3.8) is 0 Å². The maximum absolute atomic E-state index is 16.3. The number of nitrogens with zero attached hydrogens (tertiary/aromatic N) is 5. The molecule has 2 heterocycles. The van der Waals surface area contributed by atoms with Crippen LogP contribution in [0.5, 0.6) is 0 Å². The summed E-state index contributed by atoms with van der Waals surface area (Å²) in [6, 6.07) is 5.26. The number of hydrogen-bond acceptors (Lipinski definition) is 6. The molecule has 1 saturated carbocycles. The molecule has 3 aromatic rings. The van der Waals surface area contributed by atoms with Crippen molar-refractivity contribution in [2.45, 2.75) is 124 Å². The minimum absolute atomic E-state index is 0.158. The van der Waals surface area contributed by atoms with E-state index in [1.54, 1.807) is 6.07 Å². The Balaban J connectivity index is 1.57. The Kier molecular flexibility index (Phi) is 9.93. The van der Waals surface area contributed by atoms with Gasteiger partial charge in [-0.1, -0.05) is 46.2 Å². The van der Waals surface area contributed by atoms with Gasteiger partial charge < -0.3 is 14.2 Å². The molecular formula is C35H56FN5O4Si2. The zero-order valence-corrected chi connectivity index (χ0v) is 32.6. The molecular weight excluding hydrogens is 630 g/mol. The fourth-order valence-corrected chi connectivity index (χ4v) is 7.88. The van der Waals surface area contributed by atoms with Gasteiger partial charge in [0.1, 0.15) is 30.3 Å². The van der Waals surface area contributed by atoms with Gasteiger partial charge in [-0.15, -0.1) is 0 Å². The molecule has 0 spiro atoms. The van der Waals surface area contributed by atoms with Crippen LogP contribution in [0.1, 0.15) is 52.3 Å². The van der Waals surface area contributed by atoms with Crippen LogP contribution in [0.4, 0.5) is 14.9 Å². The number of carbonyl (C=O) groups is 1. The smallest absolute Gasteiger partial charge is 0.414 e. The van der Waals surface area contributed by atoms with Gasteiger partial charge in [0.05, 0.1) is 11.2 Å². The van der Waals surface area contributed by atoms with Crippen molar-refractivity contribution in [2.24, 2.45) is 11.3 Å². The van der Waals surface area contributed by atoms with Crippen LogP contribution in [-0.4, -0.2) is 66.9 Å². The van der Waals surface area contributed by atoms with Crippen molar-refractivity contribution < 1.29 is 23.4 Å². The second kappa shape index (κ2) is 13.1. The van der Waals surface area contributed by atoms with Gasteiger partial charge in [0, 0.05) is 53.2 Å². The lowest BCUT2D eigenvalue weighted by molar-refractivity contribution is 0.0582. The van der Waals surface area contributed by atoms with Crippen molar-refractivity contribution >= 4 is 39.0 Å². The first-order valence-electron chi connectivity index (χ1n) is 17.2. The Morgan fingerprint density at radius 3 is 2.30 bits per heavy atom. The van der Waals surface area contributed by atoms with Crippen LogP contribution >= 0.6 is 0 Å². The standard InChI is InChI=1S/C35H56FN5O4Si2/c1-12-39(33(42)45-34(2,3)4)25-18-27(36)31-28(19-25)37-32(40(31)22-43-13-15-46(6,7)8)30-26-17-24-20-35(24,5)21-29(26)41(38-30)23-44-14-16-47(9,10)11/h18-19,24H,12-17,20-23H2,1-11H3/t24-,35-/m1/s1. The molecule has 9 nitrogen and oxygen atoms in total. The summed E-state index contributed by atoms with van der Waals surface area (Å²) in [6.45, 7) is 25.9. The average Bonchev–Trinajstić information content (AvgIpc) is 3.27. The molecule has 0 bridgehead atoms. The Hall–Kier alpha value is -2.55. The molecule has 0 aliphatic heterocycles. The quantitative estimate of drug-likeness (QED) is 0.132. The topological polar surface area (TPSA) is 83.6 Å². The fourth-order valence-electron chi connectivity index (χ4n) is 6.36. The number of rotatable bonds is 13. The van der Waals surface area contributed by atoms with E-state index in [1.807, 2.05) is 36.9 Å². The van der Waals surface area contributed by atoms with E-state index in [0.717, 1.165) is 30.6 Å². The number of carbonyl (C=O) groups excluding carboxylic acids is 1. The van der Waals surface area contributed by atoms with Crippen molar-refractivity contribution in [1.29, 1.82) is 0 Å². The van der Waals surface area contributed by atoms with Gasteiger partial charge in [0.25, 0.3) is 0 Å². The largest absolute Gasteiger partial charge is 0.443 e. The summed E-state index contributed by atoms with van der Waals surface area (Å²) in [5.74, 6) is 0.732. The van der Waals surface area contributed by atoms with Gasteiger partial charge in [-0.25, -0.2) is 18.9 Å². The summed E-state index contributed by atoms with van der Waals surface area (Å²) < 4.78 is 38.2. The predicted octanol–water partition coefficient (Wildman–Crippen LogP) is 8.55. The van der Waals surface area contributed by atoms with E-state index in [2.05, 4.69) is 46.2 Å². The summed E-state index contributed by atoms with van der Waals surface area (Å²) in [5.41, 5.74) is 3.97. The SMILES string of the molecule is CCN(C(=O)OC(C)(C)C)c1cc(F)c2c(c1)nc(-c1nn(COCC[Si](C)(C)C)c3c1C[C@@H]1C[C@]1(C)C3)n2COCC[Si](C)(C)C. The van der Waals surface area contributed by atoms with Gasteiger partial charge in [0.15, 0.2) is 11.6 Å². The molecule has 47 heavy (non-hydrogen) atoms. The number of anilines is 1. The molecule has 0 radical (unpaired) electrons. The third-order valence-electron chi connectivity index (χ3n) is 9.39. The third-order valence-corrected chi connectivity index (χ3v) is 12.8. The monoisotopic (exact) mass is 685 g/mol. The maximum atomic E-state index is 16.3. The number of amides is 1. The Bertz CT molecular complexity index is 1620. The van der Waals surface area contributed by atoms with Crippen molar-refractivity contribution in [2.75, 3.05) is 24.7 Å². The lowest BCUT2D eigenvalue weighted by atomic mass is 9.87. The van der Waals surface area contributed by atoms with Crippen molar-refractivity contribution in [1.82, 2.24) is 19.3 Å². The minimum atomic E-state index is -1.33. The van der Waals surface area contributed by atoms with E-state index in [0.29, 0.717) is 60.4 Å². The Labute approximate surface area is 282 Å². The van der Waals surface area contributed by atoms with Crippen LogP contribution in [0, 0.1) is 17.2 Å². The summed E-state index contributed by atoms with van der Waals surface area (Å²) in [5, 5.41) is 5.14.